The lowest BCUT2D eigenvalue weighted by atomic mass is 10.2. The van der Waals surface area contributed by atoms with Gasteiger partial charge >= 0.3 is 0 Å². The molecule has 2 aromatic rings. The van der Waals surface area contributed by atoms with Gasteiger partial charge in [0.15, 0.2) is 0 Å². The highest BCUT2D eigenvalue weighted by atomic mass is 35.5. The monoisotopic (exact) mass is 292 g/mol. The van der Waals surface area contributed by atoms with Gasteiger partial charge in [0.05, 0.1) is 34.3 Å². The zero-order valence-electron chi connectivity index (χ0n) is 12.4. The molecule has 0 unspecified atom stereocenters. The normalized spacial score (nSPS) is 11.3. The van der Waals surface area contributed by atoms with Crippen molar-refractivity contribution in [2.24, 2.45) is 0 Å². The lowest BCUT2D eigenvalue weighted by Crippen LogP contribution is -2.22. The van der Waals surface area contributed by atoms with E-state index >= 15 is 0 Å². The smallest absolute Gasteiger partial charge is 0.0844 e. The van der Waals surface area contributed by atoms with Crippen LogP contribution in [0.3, 0.4) is 0 Å². The molecule has 0 atom stereocenters. The largest absolute Gasteiger partial charge is 0.309 e. The van der Waals surface area contributed by atoms with Gasteiger partial charge in [-0.25, -0.2) is 0 Å². The molecule has 0 spiro atoms. The van der Waals surface area contributed by atoms with Crippen molar-refractivity contribution in [1.29, 1.82) is 0 Å². The minimum absolute atomic E-state index is 0.454. The maximum Gasteiger partial charge on any atom is 0.0844 e. The van der Waals surface area contributed by atoms with Gasteiger partial charge in [-0.1, -0.05) is 31.5 Å². The average Bonchev–Trinajstić information content (AvgIpc) is 2.65. The summed E-state index contributed by atoms with van der Waals surface area (Å²) in [5.41, 5.74) is 3.89. The Bertz CT molecular complexity index is 590. The van der Waals surface area contributed by atoms with Crippen LogP contribution in [-0.4, -0.2) is 20.8 Å². The van der Waals surface area contributed by atoms with Gasteiger partial charge in [0.25, 0.3) is 0 Å². The Labute approximate surface area is 125 Å². The van der Waals surface area contributed by atoms with E-state index in [1.54, 1.807) is 0 Å². The van der Waals surface area contributed by atoms with Crippen LogP contribution in [0.4, 0.5) is 0 Å². The molecule has 1 N–H and O–H groups in total. The van der Waals surface area contributed by atoms with Gasteiger partial charge in [-0.2, -0.15) is 5.10 Å². The molecular formula is C15H21ClN4. The van der Waals surface area contributed by atoms with Crippen LogP contribution in [0, 0.1) is 13.8 Å². The predicted molar refractivity (Wildman–Crippen MR) is 82.0 cm³/mol. The number of nitrogens with zero attached hydrogens (tertiary/aromatic N) is 3. The molecule has 2 aromatic heterocycles. The Morgan fingerprint density at radius 2 is 1.95 bits per heavy atom. The minimum atomic E-state index is 0.454. The summed E-state index contributed by atoms with van der Waals surface area (Å²) in [4.78, 5) is 4.65. The third-order valence-electron chi connectivity index (χ3n) is 3.16. The molecule has 0 amide bonds. The molecule has 5 heteroatoms. The lowest BCUT2D eigenvalue weighted by Gasteiger charge is -2.09. The summed E-state index contributed by atoms with van der Waals surface area (Å²) >= 11 is 6.17. The van der Waals surface area contributed by atoms with E-state index < -0.39 is 0 Å². The molecule has 20 heavy (non-hydrogen) atoms. The van der Waals surface area contributed by atoms with Crippen LogP contribution in [0.15, 0.2) is 18.2 Å². The first kappa shape index (κ1) is 15.0. The van der Waals surface area contributed by atoms with E-state index in [1.807, 2.05) is 36.7 Å². The fraction of sp³-hybridized carbons (Fsp3) is 0.467. The van der Waals surface area contributed by atoms with E-state index in [9.17, 15) is 0 Å². The SMILES string of the molecule is Cc1nn(Cc2cccc(CNC(C)C)n2)c(C)c1Cl. The molecular weight excluding hydrogens is 272 g/mol. The van der Waals surface area contributed by atoms with Crippen LogP contribution in [0.1, 0.15) is 36.6 Å². The fourth-order valence-corrected chi connectivity index (χ4v) is 2.14. The standard InChI is InChI=1S/C15H21ClN4/c1-10(2)17-8-13-6-5-7-14(18-13)9-20-12(4)15(16)11(3)19-20/h5-7,10,17H,8-9H2,1-4H3. The molecule has 108 valence electrons. The van der Waals surface area contributed by atoms with Gasteiger partial charge in [-0.05, 0) is 26.0 Å². The van der Waals surface area contributed by atoms with E-state index in [4.69, 9.17) is 11.6 Å². The van der Waals surface area contributed by atoms with Gasteiger partial charge in [-0.15, -0.1) is 0 Å². The molecule has 0 saturated heterocycles. The maximum absolute atomic E-state index is 6.17. The van der Waals surface area contributed by atoms with Gasteiger partial charge in [-0.3, -0.25) is 9.67 Å². The van der Waals surface area contributed by atoms with Crippen molar-refractivity contribution in [2.45, 2.75) is 46.8 Å². The number of rotatable bonds is 5. The number of halogens is 1. The van der Waals surface area contributed by atoms with Crippen LogP contribution in [0.25, 0.3) is 0 Å². The molecule has 0 aliphatic rings. The Morgan fingerprint density at radius 3 is 2.55 bits per heavy atom. The maximum atomic E-state index is 6.17. The molecule has 0 aromatic carbocycles. The lowest BCUT2D eigenvalue weighted by molar-refractivity contribution is 0.577. The minimum Gasteiger partial charge on any atom is -0.309 e. The Balaban J connectivity index is 2.13. The van der Waals surface area contributed by atoms with E-state index in [2.05, 4.69) is 29.2 Å². The summed E-state index contributed by atoms with van der Waals surface area (Å²) in [6.45, 7) is 9.58. The third-order valence-corrected chi connectivity index (χ3v) is 3.71. The number of aromatic nitrogens is 3. The van der Waals surface area contributed by atoms with Crippen LogP contribution >= 0.6 is 11.6 Å². The second-order valence-electron chi connectivity index (χ2n) is 5.30. The topological polar surface area (TPSA) is 42.7 Å². The number of hydrogen-bond donors (Lipinski definition) is 1. The fourth-order valence-electron chi connectivity index (χ4n) is 2.01. The van der Waals surface area contributed by atoms with Gasteiger partial charge < -0.3 is 5.32 Å². The zero-order valence-corrected chi connectivity index (χ0v) is 13.2. The number of pyridine rings is 1. The van der Waals surface area contributed by atoms with E-state index in [1.165, 1.54) is 0 Å². The summed E-state index contributed by atoms with van der Waals surface area (Å²) in [5, 5.41) is 8.55. The quantitative estimate of drug-likeness (QED) is 0.921. The first-order chi connectivity index (χ1) is 9.47. The Hall–Kier alpha value is -1.39. The highest BCUT2D eigenvalue weighted by molar-refractivity contribution is 6.31. The average molecular weight is 293 g/mol. The number of nitrogens with one attached hydrogen (secondary N) is 1. The highest BCUT2D eigenvalue weighted by Gasteiger charge is 2.10. The van der Waals surface area contributed by atoms with Crippen molar-refractivity contribution < 1.29 is 0 Å². The van der Waals surface area contributed by atoms with Gasteiger partial charge in [0.2, 0.25) is 0 Å². The first-order valence-corrected chi connectivity index (χ1v) is 7.23. The van der Waals surface area contributed by atoms with Crippen LogP contribution in [0.2, 0.25) is 5.02 Å². The molecule has 0 bridgehead atoms. The molecule has 2 rings (SSSR count). The number of aryl methyl sites for hydroxylation is 1. The van der Waals surface area contributed by atoms with Crippen molar-refractivity contribution in [2.75, 3.05) is 0 Å². The summed E-state index contributed by atoms with van der Waals surface area (Å²) < 4.78 is 1.90. The summed E-state index contributed by atoms with van der Waals surface area (Å²) in [5.74, 6) is 0. The molecule has 0 aliphatic carbocycles. The van der Waals surface area contributed by atoms with E-state index in [0.29, 0.717) is 12.6 Å². The van der Waals surface area contributed by atoms with Gasteiger partial charge in [0, 0.05) is 12.6 Å². The van der Waals surface area contributed by atoms with Crippen LogP contribution in [-0.2, 0) is 13.1 Å². The van der Waals surface area contributed by atoms with Crippen molar-refractivity contribution in [3.05, 3.63) is 46.0 Å². The highest BCUT2D eigenvalue weighted by Crippen LogP contribution is 2.19. The summed E-state index contributed by atoms with van der Waals surface area (Å²) in [7, 11) is 0. The molecule has 0 fully saturated rings. The predicted octanol–water partition coefficient (Wildman–Crippen LogP) is 3.09. The Kier molecular flexibility index (Phi) is 4.78. The van der Waals surface area contributed by atoms with Crippen LogP contribution < -0.4 is 5.32 Å². The van der Waals surface area contributed by atoms with Gasteiger partial charge in [0.1, 0.15) is 0 Å². The molecule has 0 radical (unpaired) electrons. The first-order valence-electron chi connectivity index (χ1n) is 6.85. The second-order valence-corrected chi connectivity index (χ2v) is 5.68. The van der Waals surface area contributed by atoms with Crippen molar-refractivity contribution in [1.82, 2.24) is 20.1 Å². The van der Waals surface area contributed by atoms with Crippen molar-refractivity contribution in [3.8, 4) is 0 Å². The molecule has 2 heterocycles. The summed E-state index contributed by atoms with van der Waals surface area (Å²) in [6, 6.07) is 6.54. The third kappa shape index (κ3) is 3.58. The summed E-state index contributed by atoms with van der Waals surface area (Å²) in [6.07, 6.45) is 0. The second kappa shape index (κ2) is 6.37. The zero-order chi connectivity index (χ0) is 14.7. The van der Waals surface area contributed by atoms with E-state index in [0.717, 1.165) is 34.3 Å². The molecule has 0 saturated carbocycles. The van der Waals surface area contributed by atoms with Crippen LogP contribution in [0.5, 0.6) is 0 Å². The number of hydrogen-bond acceptors (Lipinski definition) is 3. The Morgan fingerprint density at radius 1 is 1.25 bits per heavy atom. The molecule has 0 aliphatic heterocycles. The molecule has 4 nitrogen and oxygen atoms in total. The van der Waals surface area contributed by atoms with E-state index in [-0.39, 0.29) is 0 Å². The van der Waals surface area contributed by atoms with Crippen molar-refractivity contribution in [3.63, 3.8) is 0 Å². The van der Waals surface area contributed by atoms with Crippen molar-refractivity contribution >= 4 is 11.6 Å².